The highest BCUT2D eigenvalue weighted by atomic mass is 35.5. The fourth-order valence-electron chi connectivity index (χ4n) is 1.09. The van der Waals surface area contributed by atoms with Crippen LogP contribution >= 0.6 is 23.4 Å². The van der Waals surface area contributed by atoms with Crippen molar-refractivity contribution in [1.29, 1.82) is 0 Å². The molecule has 0 aliphatic heterocycles. The number of hydrogen-bond acceptors (Lipinski definition) is 4. The van der Waals surface area contributed by atoms with E-state index in [1.54, 1.807) is 23.9 Å². The fraction of sp³-hybridized carbons (Fsp3) is 0.444. The smallest absolute Gasteiger partial charge is 0.151 e. The van der Waals surface area contributed by atoms with E-state index < -0.39 is 0 Å². The lowest BCUT2D eigenvalue weighted by Crippen LogP contribution is -2.19. The van der Waals surface area contributed by atoms with Crippen molar-refractivity contribution in [2.24, 2.45) is 0 Å². The molecule has 0 fully saturated rings. The van der Waals surface area contributed by atoms with Crippen LogP contribution in [0, 0.1) is 0 Å². The van der Waals surface area contributed by atoms with Crippen LogP contribution in [0.5, 0.6) is 0 Å². The summed E-state index contributed by atoms with van der Waals surface area (Å²) >= 11 is 7.54. The van der Waals surface area contributed by atoms with Gasteiger partial charge in [0, 0.05) is 11.8 Å². The summed E-state index contributed by atoms with van der Waals surface area (Å²) in [5.74, 6) is 1.67. The van der Waals surface area contributed by atoms with E-state index >= 15 is 0 Å². The number of aromatic nitrogens is 1. The van der Waals surface area contributed by atoms with Crippen LogP contribution in [0.25, 0.3) is 0 Å². The fourth-order valence-corrected chi connectivity index (χ4v) is 1.82. The number of nitrogens with one attached hydrogen (secondary N) is 1. The lowest BCUT2D eigenvalue weighted by atomic mass is 10.3. The topological polar surface area (TPSA) is 50.9 Å². The third-order valence-corrected chi connectivity index (χ3v) is 2.74. The number of nitrogen functional groups attached to an aromatic ring is 1. The van der Waals surface area contributed by atoms with E-state index in [1.165, 1.54) is 0 Å². The summed E-state index contributed by atoms with van der Waals surface area (Å²) in [5, 5.41) is 3.67. The summed E-state index contributed by atoms with van der Waals surface area (Å²) in [6.45, 7) is 2.08. The van der Waals surface area contributed by atoms with Crippen LogP contribution in [0.15, 0.2) is 12.1 Å². The molecular weight excluding hydrogens is 218 g/mol. The molecule has 0 saturated carbocycles. The Morgan fingerprint density at radius 1 is 1.64 bits per heavy atom. The van der Waals surface area contributed by atoms with Gasteiger partial charge in [-0.25, -0.2) is 4.98 Å². The molecule has 0 aliphatic carbocycles. The van der Waals surface area contributed by atoms with Gasteiger partial charge < -0.3 is 11.1 Å². The zero-order chi connectivity index (χ0) is 10.6. The van der Waals surface area contributed by atoms with Crippen LogP contribution < -0.4 is 11.1 Å². The van der Waals surface area contributed by atoms with E-state index in [0.717, 1.165) is 5.75 Å². The van der Waals surface area contributed by atoms with Crippen LogP contribution in [0.2, 0.25) is 5.15 Å². The molecule has 1 aromatic heterocycles. The minimum Gasteiger partial charge on any atom is -0.396 e. The van der Waals surface area contributed by atoms with Gasteiger partial charge >= 0.3 is 0 Å². The molecule has 3 N–H and O–H groups in total. The average molecular weight is 232 g/mol. The molecule has 78 valence electrons. The number of thioether (sulfide) groups is 1. The van der Waals surface area contributed by atoms with Gasteiger partial charge in [-0.05, 0) is 25.3 Å². The molecule has 0 aliphatic rings. The molecule has 0 radical (unpaired) electrons. The summed E-state index contributed by atoms with van der Waals surface area (Å²) in [6, 6.07) is 3.77. The molecule has 0 bridgehead atoms. The van der Waals surface area contributed by atoms with Crippen LogP contribution in [-0.2, 0) is 0 Å². The minimum absolute atomic E-state index is 0.332. The third kappa shape index (κ3) is 3.27. The van der Waals surface area contributed by atoms with E-state index in [-0.39, 0.29) is 0 Å². The van der Waals surface area contributed by atoms with Gasteiger partial charge in [0.15, 0.2) is 5.82 Å². The molecular formula is C9H14ClN3S. The van der Waals surface area contributed by atoms with E-state index in [9.17, 15) is 0 Å². The quantitative estimate of drug-likeness (QED) is 0.782. The third-order valence-electron chi connectivity index (χ3n) is 1.69. The van der Waals surface area contributed by atoms with Gasteiger partial charge in [-0.15, -0.1) is 0 Å². The number of pyridine rings is 1. The second-order valence-electron chi connectivity index (χ2n) is 3.07. The van der Waals surface area contributed by atoms with Crippen molar-refractivity contribution in [2.75, 3.05) is 23.1 Å². The summed E-state index contributed by atoms with van der Waals surface area (Å²) < 4.78 is 0. The number of halogens is 1. The maximum atomic E-state index is 5.77. The van der Waals surface area contributed by atoms with Crippen molar-refractivity contribution >= 4 is 34.9 Å². The Hall–Kier alpha value is -0.610. The lowest BCUT2D eigenvalue weighted by Gasteiger charge is -2.14. The first-order valence-corrected chi connectivity index (χ1v) is 6.08. The van der Waals surface area contributed by atoms with Gasteiger partial charge in [-0.1, -0.05) is 11.6 Å². The second kappa shape index (κ2) is 5.32. The van der Waals surface area contributed by atoms with Crippen LogP contribution in [0.1, 0.15) is 6.92 Å². The molecule has 0 amide bonds. The molecule has 1 unspecified atom stereocenters. The predicted octanol–water partition coefficient (Wildman–Crippen LogP) is 2.48. The van der Waals surface area contributed by atoms with Crippen LogP contribution in [-0.4, -0.2) is 23.0 Å². The van der Waals surface area contributed by atoms with Crippen molar-refractivity contribution in [3.05, 3.63) is 17.3 Å². The Bertz CT molecular complexity index is 306. The maximum absolute atomic E-state index is 5.77. The number of nitrogens with zero attached hydrogens (tertiary/aromatic N) is 1. The van der Waals surface area contributed by atoms with Gasteiger partial charge in [0.2, 0.25) is 0 Å². The summed E-state index contributed by atoms with van der Waals surface area (Å²) in [7, 11) is 0. The largest absolute Gasteiger partial charge is 0.396 e. The summed E-state index contributed by atoms with van der Waals surface area (Å²) in [4.78, 5) is 4.12. The monoisotopic (exact) mass is 231 g/mol. The van der Waals surface area contributed by atoms with E-state index in [1.807, 2.05) is 0 Å². The Balaban J connectivity index is 2.70. The van der Waals surface area contributed by atoms with Gasteiger partial charge in [0.1, 0.15) is 5.15 Å². The van der Waals surface area contributed by atoms with Crippen molar-refractivity contribution in [2.45, 2.75) is 13.0 Å². The van der Waals surface area contributed by atoms with Crippen molar-refractivity contribution in [3.63, 3.8) is 0 Å². The van der Waals surface area contributed by atoms with Crippen molar-refractivity contribution in [3.8, 4) is 0 Å². The first-order valence-electron chi connectivity index (χ1n) is 4.31. The zero-order valence-corrected chi connectivity index (χ0v) is 9.82. The highest BCUT2D eigenvalue weighted by molar-refractivity contribution is 7.98. The molecule has 1 atom stereocenters. The molecule has 14 heavy (non-hydrogen) atoms. The minimum atomic E-state index is 0.332. The number of rotatable bonds is 4. The van der Waals surface area contributed by atoms with E-state index in [2.05, 4.69) is 23.5 Å². The Labute approximate surface area is 93.4 Å². The Kier molecular flexibility index (Phi) is 4.35. The normalized spacial score (nSPS) is 12.5. The van der Waals surface area contributed by atoms with E-state index in [0.29, 0.717) is 22.7 Å². The molecule has 0 spiro atoms. The maximum Gasteiger partial charge on any atom is 0.151 e. The van der Waals surface area contributed by atoms with E-state index in [4.69, 9.17) is 17.3 Å². The summed E-state index contributed by atoms with van der Waals surface area (Å²) in [6.07, 6.45) is 2.06. The van der Waals surface area contributed by atoms with Gasteiger partial charge in [-0.2, -0.15) is 11.8 Å². The zero-order valence-electron chi connectivity index (χ0n) is 8.25. The molecule has 0 aromatic carbocycles. The lowest BCUT2D eigenvalue weighted by molar-refractivity contribution is 0.904. The first kappa shape index (κ1) is 11.5. The predicted molar refractivity (Wildman–Crippen MR) is 65.1 cm³/mol. The molecule has 3 nitrogen and oxygen atoms in total. The summed E-state index contributed by atoms with van der Waals surface area (Å²) in [5.41, 5.74) is 6.37. The molecule has 1 aromatic rings. The highest BCUT2D eigenvalue weighted by Crippen LogP contribution is 2.19. The SMILES string of the molecule is CSCC(C)Nc1nc(Cl)ccc1N. The van der Waals surface area contributed by atoms with Gasteiger partial charge in [0.25, 0.3) is 0 Å². The van der Waals surface area contributed by atoms with Crippen molar-refractivity contribution in [1.82, 2.24) is 4.98 Å². The second-order valence-corrected chi connectivity index (χ2v) is 4.37. The standard InChI is InChI=1S/C9H14ClN3S/c1-6(5-14-2)12-9-7(11)3-4-8(10)13-9/h3-4,6H,5,11H2,1-2H3,(H,12,13). The molecule has 1 rings (SSSR count). The Morgan fingerprint density at radius 3 is 3.00 bits per heavy atom. The average Bonchev–Trinajstić information content (AvgIpc) is 2.12. The highest BCUT2D eigenvalue weighted by Gasteiger charge is 2.05. The number of anilines is 2. The van der Waals surface area contributed by atoms with Crippen LogP contribution in [0.4, 0.5) is 11.5 Å². The number of hydrogen-bond donors (Lipinski definition) is 2. The Morgan fingerprint density at radius 2 is 2.36 bits per heavy atom. The van der Waals surface area contributed by atoms with Gasteiger partial charge in [-0.3, -0.25) is 0 Å². The molecule has 1 heterocycles. The van der Waals surface area contributed by atoms with Gasteiger partial charge in [0.05, 0.1) is 5.69 Å². The first-order chi connectivity index (χ1) is 6.63. The number of nitrogens with two attached hydrogens (primary N) is 1. The molecule has 5 heteroatoms. The van der Waals surface area contributed by atoms with Crippen LogP contribution in [0.3, 0.4) is 0 Å². The van der Waals surface area contributed by atoms with Crippen molar-refractivity contribution < 1.29 is 0 Å². The molecule has 0 saturated heterocycles.